The van der Waals surface area contributed by atoms with Crippen molar-refractivity contribution >= 4 is 11.8 Å². The molecule has 1 unspecified atom stereocenters. The third-order valence-electron chi connectivity index (χ3n) is 1.57. The molecule has 0 aromatic heterocycles. The third-order valence-corrected chi connectivity index (χ3v) is 2.99. The van der Waals surface area contributed by atoms with E-state index in [0.29, 0.717) is 5.41 Å². The van der Waals surface area contributed by atoms with E-state index in [1.165, 1.54) is 0 Å². The monoisotopic (exact) mass is 132 g/mol. The fourth-order valence-electron chi connectivity index (χ4n) is 0.354. The average Bonchev–Trinajstić information content (AvgIpc) is 1.62. The van der Waals surface area contributed by atoms with Crippen molar-refractivity contribution in [2.45, 2.75) is 32.9 Å². The van der Waals surface area contributed by atoms with Crippen molar-refractivity contribution in [3.8, 4) is 0 Å². The highest BCUT2D eigenvalue weighted by Gasteiger charge is 2.17. The SMILES string of the molecule is CSC(C)C(C)(C)C. The number of hydrogen-bond donors (Lipinski definition) is 0. The second-order valence-corrected chi connectivity index (χ2v) is 4.42. The fourth-order valence-corrected chi connectivity index (χ4v) is 1.06. The Hall–Kier alpha value is 0.350. The molecule has 1 heteroatoms. The van der Waals surface area contributed by atoms with Crippen LogP contribution < -0.4 is 0 Å². The molecule has 0 fully saturated rings. The van der Waals surface area contributed by atoms with Gasteiger partial charge in [0.25, 0.3) is 0 Å². The van der Waals surface area contributed by atoms with Gasteiger partial charge in [0.05, 0.1) is 0 Å². The lowest BCUT2D eigenvalue weighted by Gasteiger charge is -2.24. The van der Waals surface area contributed by atoms with Crippen LogP contribution in [-0.4, -0.2) is 11.5 Å². The first-order valence-electron chi connectivity index (χ1n) is 3.01. The smallest absolute Gasteiger partial charge is 0.00645 e. The molecule has 0 spiro atoms. The molecule has 0 saturated heterocycles. The van der Waals surface area contributed by atoms with E-state index >= 15 is 0 Å². The molecule has 1 atom stereocenters. The van der Waals surface area contributed by atoms with Crippen LogP contribution in [0.4, 0.5) is 0 Å². The van der Waals surface area contributed by atoms with Crippen molar-refractivity contribution in [1.82, 2.24) is 0 Å². The van der Waals surface area contributed by atoms with Crippen LogP contribution in [0.25, 0.3) is 0 Å². The molecule has 0 aliphatic heterocycles. The molecule has 0 bridgehead atoms. The molecular formula is C7H16S. The molecule has 0 N–H and O–H groups in total. The van der Waals surface area contributed by atoms with E-state index in [1.54, 1.807) is 0 Å². The summed E-state index contributed by atoms with van der Waals surface area (Å²) in [6.45, 7) is 9.08. The first-order chi connectivity index (χ1) is 3.48. The van der Waals surface area contributed by atoms with Crippen molar-refractivity contribution in [3.05, 3.63) is 0 Å². The summed E-state index contributed by atoms with van der Waals surface area (Å²) >= 11 is 1.93. The second-order valence-electron chi connectivity index (χ2n) is 3.24. The van der Waals surface area contributed by atoms with E-state index in [4.69, 9.17) is 0 Å². The maximum Gasteiger partial charge on any atom is 0.00645 e. The van der Waals surface area contributed by atoms with E-state index in [2.05, 4.69) is 34.0 Å². The van der Waals surface area contributed by atoms with Crippen molar-refractivity contribution < 1.29 is 0 Å². The maximum atomic E-state index is 2.27. The molecule has 0 heterocycles. The Kier molecular flexibility index (Phi) is 2.89. The zero-order valence-electron chi connectivity index (χ0n) is 6.49. The summed E-state index contributed by atoms with van der Waals surface area (Å²) < 4.78 is 0. The molecule has 8 heavy (non-hydrogen) atoms. The van der Waals surface area contributed by atoms with Crippen molar-refractivity contribution in [1.29, 1.82) is 0 Å². The van der Waals surface area contributed by atoms with Gasteiger partial charge in [0.1, 0.15) is 0 Å². The number of rotatable bonds is 1. The van der Waals surface area contributed by atoms with Crippen LogP contribution in [-0.2, 0) is 0 Å². The largest absolute Gasteiger partial charge is 0.162 e. The van der Waals surface area contributed by atoms with Gasteiger partial charge in [-0.05, 0) is 11.7 Å². The molecule has 0 amide bonds. The summed E-state index contributed by atoms with van der Waals surface area (Å²) in [5.41, 5.74) is 0.472. The Balaban J connectivity index is 3.62. The minimum absolute atomic E-state index is 0.472. The highest BCUT2D eigenvalue weighted by Crippen LogP contribution is 2.27. The van der Waals surface area contributed by atoms with Gasteiger partial charge in [0.15, 0.2) is 0 Å². The van der Waals surface area contributed by atoms with Crippen molar-refractivity contribution in [2.75, 3.05) is 6.26 Å². The Morgan fingerprint density at radius 1 is 1.25 bits per heavy atom. The first-order valence-corrected chi connectivity index (χ1v) is 4.30. The predicted octanol–water partition coefficient (Wildman–Crippen LogP) is 2.78. The van der Waals surface area contributed by atoms with Crippen LogP contribution in [0.2, 0.25) is 0 Å². The molecule has 0 saturated carbocycles. The quantitative estimate of drug-likeness (QED) is 0.528. The fraction of sp³-hybridized carbons (Fsp3) is 1.00. The average molecular weight is 132 g/mol. The van der Waals surface area contributed by atoms with Gasteiger partial charge in [-0.25, -0.2) is 0 Å². The second kappa shape index (κ2) is 2.77. The van der Waals surface area contributed by atoms with Gasteiger partial charge in [-0.15, -0.1) is 0 Å². The summed E-state index contributed by atoms with van der Waals surface area (Å²) in [7, 11) is 0. The van der Waals surface area contributed by atoms with Gasteiger partial charge >= 0.3 is 0 Å². The van der Waals surface area contributed by atoms with E-state index < -0.39 is 0 Å². The predicted molar refractivity (Wildman–Crippen MR) is 42.4 cm³/mol. The highest BCUT2D eigenvalue weighted by atomic mass is 32.2. The molecule has 0 aliphatic carbocycles. The molecule has 0 aliphatic rings. The highest BCUT2D eigenvalue weighted by molar-refractivity contribution is 7.99. The summed E-state index contributed by atoms with van der Waals surface area (Å²) in [6.07, 6.45) is 2.16. The van der Waals surface area contributed by atoms with Crippen molar-refractivity contribution in [2.24, 2.45) is 5.41 Å². The topological polar surface area (TPSA) is 0 Å². The summed E-state index contributed by atoms with van der Waals surface area (Å²) in [5, 5.41) is 0.766. The number of thioether (sulfide) groups is 1. The minimum Gasteiger partial charge on any atom is -0.162 e. The molecule has 0 aromatic rings. The van der Waals surface area contributed by atoms with Gasteiger partial charge in [-0.3, -0.25) is 0 Å². The van der Waals surface area contributed by atoms with Gasteiger partial charge < -0.3 is 0 Å². The normalized spacial score (nSPS) is 16.1. The molecular weight excluding hydrogens is 116 g/mol. The Labute approximate surface area is 57.1 Å². The van der Waals surface area contributed by atoms with Gasteiger partial charge in [-0.1, -0.05) is 27.7 Å². The lowest BCUT2D eigenvalue weighted by Crippen LogP contribution is -2.18. The van der Waals surface area contributed by atoms with Gasteiger partial charge in [0.2, 0.25) is 0 Å². The van der Waals surface area contributed by atoms with Crippen LogP contribution in [0.5, 0.6) is 0 Å². The molecule has 50 valence electrons. The Morgan fingerprint density at radius 3 is 1.62 bits per heavy atom. The summed E-state index contributed by atoms with van der Waals surface area (Å²) in [6, 6.07) is 0. The molecule has 0 rings (SSSR count). The van der Waals surface area contributed by atoms with Crippen LogP contribution in [0, 0.1) is 5.41 Å². The summed E-state index contributed by atoms with van der Waals surface area (Å²) in [5.74, 6) is 0. The Morgan fingerprint density at radius 2 is 1.62 bits per heavy atom. The van der Waals surface area contributed by atoms with E-state index in [1.807, 2.05) is 11.8 Å². The maximum absolute atomic E-state index is 2.27. The minimum atomic E-state index is 0.472. The van der Waals surface area contributed by atoms with E-state index in [-0.39, 0.29) is 0 Å². The third kappa shape index (κ3) is 2.61. The first kappa shape index (κ1) is 8.35. The van der Waals surface area contributed by atoms with Gasteiger partial charge in [-0.2, -0.15) is 11.8 Å². The van der Waals surface area contributed by atoms with Crippen LogP contribution in [0.15, 0.2) is 0 Å². The molecule has 0 nitrogen and oxygen atoms in total. The van der Waals surface area contributed by atoms with Crippen LogP contribution in [0.3, 0.4) is 0 Å². The zero-order valence-corrected chi connectivity index (χ0v) is 7.30. The van der Waals surface area contributed by atoms with E-state index in [0.717, 1.165) is 5.25 Å². The summed E-state index contributed by atoms with van der Waals surface area (Å²) in [4.78, 5) is 0. The van der Waals surface area contributed by atoms with E-state index in [9.17, 15) is 0 Å². The molecule has 0 aromatic carbocycles. The van der Waals surface area contributed by atoms with Crippen molar-refractivity contribution in [3.63, 3.8) is 0 Å². The molecule has 0 radical (unpaired) electrons. The number of hydrogen-bond acceptors (Lipinski definition) is 1. The lowest BCUT2D eigenvalue weighted by atomic mass is 9.93. The van der Waals surface area contributed by atoms with Crippen LogP contribution in [0.1, 0.15) is 27.7 Å². The zero-order chi connectivity index (χ0) is 6.78. The van der Waals surface area contributed by atoms with Crippen LogP contribution >= 0.6 is 11.8 Å². The van der Waals surface area contributed by atoms with Gasteiger partial charge in [0, 0.05) is 5.25 Å². The lowest BCUT2D eigenvalue weighted by molar-refractivity contribution is 0.411. The standard InChI is InChI=1S/C7H16S/c1-6(8-5)7(2,3)4/h6H,1-5H3. The Bertz CT molecular complexity index is 61.3.